The van der Waals surface area contributed by atoms with Gasteiger partial charge in [-0.3, -0.25) is 4.79 Å². The monoisotopic (exact) mass is 329 g/mol. The van der Waals surface area contributed by atoms with E-state index in [1.54, 1.807) is 11.3 Å². The lowest BCUT2D eigenvalue weighted by Crippen LogP contribution is -2.43. The van der Waals surface area contributed by atoms with E-state index in [4.69, 9.17) is 0 Å². The van der Waals surface area contributed by atoms with Crippen LogP contribution in [0.15, 0.2) is 35.2 Å². The molecule has 5 heteroatoms. The number of hydrogen-bond donors (Lipinski definition) is 0. The van der Waals surface area contributed by atoms with Gasteiger partial charge in [0.1, 0.15) is 0 Å². The fourth-order valence-corrected chi connectivity index (χ4v) is 3.82. The van der Waals surface area contributed by atoms with E-state index in [9.17, 15) is 4.79 Å². The van der Waals surface area contributed by atoms with Gasteiger partial charge in [0.15, 0.2) is 0 Å². The number of para-hydroxylation sites is 1. The fourth-order valence-electron chi connectivity index (χ4n) is 3.22. The first kappa shape index (κ1) is 16.0. The van der Waals surface area contributed by atoms with Gasteiger partial charge in [0.25, 0.3) is 0 Å². The van der Waals surface area contributed by atoms with E-state index >= 15 is 0 Å². The van der Waals surface area contributed by atoms with Crippen molar-refractivity contribution in [2.45, 2.75) is 38.8 Å². The average Bonchev–Trinajstić information content (AvgIpc) is 3.04. The number of rotatable bonds is 4. The van der Waals surface area contributed by atoms with E-state index in [-0.39, 0.29) is 11.9 Å². The molecule has 0 radical (unpaired) electrons. The molecule has 1 aromatic heterocycles. The molecule has 1 unspecified atom stereocenters. The summed E-state index contributed by atoms with van der Waals surface area (Å²) in [5.74, 6) is 0.231. The SMILES string of the molecule is CCC1CN(C)c2ccccc2CN1C(=O)CCc1cscn1. The quantitative estimate of drug-likeness (QED) is 0.863. The van der Waals surface area contributed by atoms with Gasteiger partial charge < -0.3 is 9.80 Å². The molecule has 2 heterocycles. The molecular weight excluding hydrogens is 306 g/mol. The van der Waals surface area contributed by atoms with Crippen LogP contribution in [0.2, 0.25) is 0 Å². The molecule has 1 aromatic carbocycles. The normalized spacial score (nSPS) is 17.7. The number of thiazole rings is 1. The maximum absolute atomic E-state index is 12.8. The predicted molar refractivity (Wildman–Crippen MR) is 94.8 cm³/mol. The second kappa shape index (κ2) is 7.13. The number of hydrogen-bond acceptors (Lipinski definition) is 4. The molecule has 0 spiro atoms. The maximum atomic E-state index is 12.8. The van der Waals surface area contributed by atoms with Crippen molar-refractivity contribution >= 4 is 22.9 Å². The maximum Gasteiger partial charge on any atom is 0.223 e. The Morgan fingerprint density at radius 3 is 2.96 bits per heavy atom. The molecule has 0 N–H and O–H groups in total. The number of carbonyl (C=O) groups is 1. The lowest BCUT2D eigenvalue weighted by molar-refractivity contribution is -0.134. The third-order valence-electron chi connectivity index (χ3n) is 4.54. The predicted octanol–water partition coefficient (Wildman–Crippen LogP) is 3.33. The van der Waals surface area contributed by atoms with Crippen molar-refractivity contribution in [3.05, 3.63) is 46.4 Å². The minimum Gasteiger partial charge on any atom is -0.372 e. The van der Waals surface area contributed by atoms with Crippen LogP contribution in [-0.2, 0) is 17.8 Å². The first-order valence-corrected chi connectivity index (χ1v) is 9.09. The molecule has 4 nitrogen and oxygen atoms in total. The van der Waals surface area contributed by atoms with Crippen LogP contribution in [0.5, 0.6) is 0 Å². The third-order valence-corrected chi connectivity index (χ3v) is 5.17. The van der Waals surface area contributed by atoms with Gasteiger partial charge >= 0.3 is 0 Å². The van der Waals surface area contributed by atoms with E-state index < -0.39 is 0 Å². The number of anilines is 1. The molecule has 0 saturated heterocycles. The lowest BCUT2D eigenvalue weighted by atomic mass is 10.1. The molecular formula is C18H23N3OS. The summed E-state index contributed by atoms with van der Waals surface area (Å²) in [5, 5.41) is 2.02. The van der Waals surface area contributed by atoms with Crippen LogP contribution in [0.1, 0.15) is 31.0 Å². The summed E-state index contributed by atoms with van der Waals surface area (Å²) >= 11 is 1.58. The number of fused-ring (bicyclic) bond motifs is 1. The highest BCUT2D eigenvalue weighted by Gasteiger charge is 2.28. The number of likely N-dealkylation sites (N-methyl/N-ethyl adjacent to an activating group) is 1. The van der Waals surface area contributed by atoms with Crippen molar-refractivity contribution in [3.8, 4) is 0 Å². The Kier molecular flexibility index (Phi) is 4.96. The van der Waals surface area contributed by atoms with Gasteiger partial charge in [-0.1, -0.05) is 25.1 Å². The van der Waals surface area contributed by atoms with Crippen molar-refractivity contribution in [1.29, 1.82) is 0 Å². The molecule has 1 atom stereocenters. The Morgan fingerprint density at radius 1 is 1.39 bits per heavy atom. The van der Waals surface area contributed by atoms with Crippen LogP contribution in [0, 0.1) is 0 Å². The smallest absolute Gasteiger partial charge is 0.223 e. The van der Waals surface area contributed by atoms with Crippen molar-refractivity contribution in [1.82, 2.24) is 9.88 Å². The zero-order valence-electron chi connectivity index (χ0n) is 13.7. The third kappa shape index (κ3) is 3.55. The fraction of sp³-hybridized carbons (Fsp3) is 0.444. The molecule has 3 rings (SSSR count). The Bertz CT molecular complexity index is 656. The Labute approximate surface area is 141 Å². The van der Waals surface area contributed by atoms with Gasteiger partial charge in [0.2, 0.25) is 5.91 Å². The zero-order valence-corrected chi connectivity index (χ0v) is 14.6. The van der Waals surface area contributed by atoms with Gasteiger partial charge in [-0.15, -0.1) is 11.3 Å². The van der Waals surface area contributed by atoms with E-state index in [2.05, 4.69) is 53.0 Å². The standard InChI is InChI=1S/C18H23N3OS/c1-3-16-11-20(2)17-7-5-4-6-14(17)10-21(16)18(22)9-8-15-12-23-13-19-15/h4-7,12-13,16H,3,8-11H2,1-2H3. The van der Waals surface area contributed by atoms with Crippen LogP contribution in [-0.4, -0.2) is 35.4 Å². The summed E-state index contributed by atoms with van der Waals surface area (Å²) in [5.41, 5.74) is 5.31. The molecule has 1 aliphatic rings. The van der Waals surface area contributed by atoms with Crippen molar-refractivity contribution in [2.24, 2.45) is 0 Å². The van der Waals surface area contributed by atoms with Gasteiger partial charge in [-0.25, -0.2) is 4.98 Å². The molecule has 0 saturated carbocycles. The second-order valence-corrected chi connectivity index (χ2v) is 6.79. The highest BCUT2D eigenvalue weighted by atomic mass is 32.1. The summed E-state index contributed by atoms with van der Waals surface area (Å²) < 4.78 is 0. The van der Waals surface area contributed by atoms with Crippen LogP contribution in [0.25, 0.3) is 0 Å². The minimum atomic E-state index is 0.231. The number of benzene rings is 1. The number of aromatic nitrogens is 1. The molecule has 2 aromatic rings. The van der Waals surface area contributed by atoms with Crippen LogP contribution in [0.4, 0.5) is 5.69 Å². The van der Waals surface area contributed by atoms with Gasteiger partial charge in [-0.2, -0.15) is 0 Å². The number of aryl methyl sites for hydroxylation is 1. The second-order valence-electron chi connectivity index (χ2n) is 6.07. The van der Waals surface area contributed by atoms with Crippen LogP contribution >= 0.6 is 11.3 Å². The number of amides is 1. The van der Waals surface area contributed by atoms with Gasteiger partial charge in [-0.05, 0) is 24.5 Å². The molecule has 23 heavy (non-hydrogen) atoms. The Hall–Kier alpha value is -1.88. The van der Waals surface area contributed by atoms with Crippen LogP contribution < -0.4 is 4.90 Å². The topological polar surface area (TPSA) is 36.4 Å². The van der Waals surface area contributed by atoms with E-state index in [1.807, 2.05) is 10.9 Å². The summed E-state index contributed by atoms with van der Waals surface area (Å²) in [6.45, 7) is 3.75. The Balaban J connectivity index is 1.77. The summed E-state index contributed by atoms with van der Waals surface area (Å²) in [6, 6.07) is 8.65. The summed E-state index contributed by atoms with van der Waals surface area (Å²) in [4.78, 5) is 21.4. The minimum absolute atomic E-state index is 0.231. The van der Waals surface area contributed by atoms with Gasteiger partial charge in [0, 0.05) is 43.7 Å². The molecule has 0 aliphatic carbocycles. The molecule has 0 fully saturated rings. The highest BCUT2D eigenvalue weighted by Crippen LogP contribution is 2.27. The Morgan fingerprint density at radius 2 is 2.22 bits per heavy atom. The molecule has 122 valence electrons. The average molecular weight is 329 g/mol. The first-order chi connectivity index (χ1) is 11.2. The molecule has 0 bridgehead atoms. The number of nitrogens with zero attached hydrogens (tertiary/aromatic N) is 3. The zero-order chi connectivity index (χ0) is 16.2. The summed E-state index contributed by atoms with van der Waals surface area (Å²) in [7, 11) is 2.12. The summed E-state index contributed by atoms with van der Waals surface area (Å²) in [6.07, 6.45) is 2.24. The van der Waals surface area contributed by atoms with Crippen molar-refractivity contribution in [2.75, 3.05) is 18.5 Å². The van der Waals surface area contributed by atoms with Gasteiger partial charge in [0.05, 0.1) is 11.2 Å². The van der Waals surface area contributed by atoms with Crippen LogP contribution in [0.3, 0.4) is 0 Å². The van der Waals surface area contributed by atoms with E-state index in [0.29, 0.717) is 13.0 Å². The van der Waals surface area contributed by atoms with Crippen molar-refractivity contribution < 1.29 is 4.79 Å². The lowest BCUT2D eigenvalue weighted by Gasteiger charge is -2.30. The van der Waals surface area contributed by atoms with Crippen molar-refractivity contribution in [3.63, 3.8) is 0 Å². The first-order valence-electron chi connectivity index (χ1n) is 8.14. The van der Waals surface area contributed by atoms with E-state index in [1.165, 1.54) is 11.3 Å². The molecule has 1 aliphatic heterocycles. The number of carbonyl (C=O) groups excluding carboxylic acids is 1. The largest absolute Gasteiger partial charge is 0.372 e. The molecule has 1 amide bonds. The highest BCUT2D eigenvalue weighted by molar-refractivity contribution is 7.07. The van der Waals surface area contributed by atoms with E-state index in [0.717, 1.165) is 25.1 Å².